The Balaban J connectivity index is 1.92. The van der Waals surface area contributed by atoms with Crippen LogP contribution in [0.25, 0.3) is 10.4 Å². The van der Waals surface area contributed by atoms with Crippen LogP contribution in [0, 0.1) is 0 Å². The average Bonchev–Trinajstić information content (AvgIpc) is 3.21. The first-order valence-electron chi connectivity index (χ1n) is 8.91. The summed E-state index contributed by atoms with van der Waals surface area (Å²) in [7, 11) is 2.44. The highest BCUT2D eigenvalue weighted by molar-refractivity contribution is 7.19. The van der Waals surface area contributed by atoms with E-state index in [9.17, 15) is 31.1 Å². The van der Waals surface area contributed by atoms with Crippen LogP contribution in [0.2, 0.25) is 0 Å². The second-order valence-corrected chi connectivity index (χ2v) is 7.20. The number of aromatic nitrogens is 4. The van der Waals surface area contributed by atoms with E-state index in [0.717, 1.165) is 24.7 Å². The van der Waals surface area contributed by atoms with Gasteiger partial charge in [-0.2, -0.15) is 26.3 Å². The molecule has 3 rings (SSSR count). The molecule has 1 amide bonds. The van der Waals surface area contributed by atoms with Gasteiger partial charge in [0.25, 0.3) is 5.91 Å². The summed E-state index contributed by atoms with van der Waals surface area (Å²) in [5.74, 6) is -1.75. The molecular weight excluding hydrogens is 496 g/mol. The lowest BCUT2D eigenvalue weighted by Crippen LogP contribution is -2.19. The number of amides is 1. The molecule has 3 aromatic rings. The zero-order valence-electron chi connectivity index (χ0n) is 17.1. The van der Waals surface area contributed by atoms with E-state index in [0.29, 0.717) is 11.3 Å². The summed E-state index contributed by atoms with van der Waals surface area (Å²) in [4.78, 5) is 26.8. The Hall–Kier alpha value is -3.69. The third-order valence-corrected chi connectivity index (χ3v) is 4.91. The number of hydrogen-bond acceptors (Lipinski definition) is 9. The summed E-state index contributed by atoms with van der Waals surface area (Å²) in [5.41, 5.74) is -1.71. The van der Waals surface area contributed by atoms with Crippen LogP contribution in [-0.4, -0.2) is 52.8 Å². The van der Waals surface area contributed by atoms with Crippen LogP contribution in [-0.2, 0) is 6.18 Å². The number of alkyl halides is 6. The lowest BCUT2D eigenvalue weighted by Gasteiger charge is -2.09. The van der Waals surface area contributed by atoms with E-state index in [1.54, 1.807) is 0 Å². The molecule has 0 aliphatic heterocycles. The van der Waals surface area contributed by atoms with Gasteiger partial charge >= 0.3 is 12.4 Å². The summed E-state index contributed by atoms with van der Waals surface area (Å²) in [6.07, 6.45) is -7.56. The van der Waals surface area contributed by atoms with Gasteiger partial charge in [0.05, 0.1) is 19.1 Å². The maximum Gasteiger partial charge on any atom is 0.434 e. The Bertz CT molecular complexity index is 1140. The number of nitrogens with zero attached hydrogens (tertiary/aromatic N) is 4. The van der Waals surface area contributed by atoms with Crippen LogP contribution in [0.15, 0.2) is 24.7 Å². The highest BCUT2D eigenvalue weighted by atomic mass is 32.1. The molecule has 182 valence electrons. The van der Waals surface area contributed by atoms with E-state index in [1.165, 1.54) is 14.2 Å². The van der Waals surface area contributed by atoms with Gasteiger partial charge in [-0.1, -0.05) is 11.3 Å². The van der Waals surface area contributed by atoms with Crippen LogP contribution in [0.1, 0.15) is 16.1 Å². The largest absolute Gasteiger partial charge is 0.480 e. The number of anilines is 1. The summed E-state index contributed by atoms with van der Waals surface area (Å²) in [5, 5.41) is 1.78. The minimum Gasteiger partial charge on any atom is -0.480 e. The van der Waals surface area contributed by atoms with Crippen LogP contribution >= 0.6 is 11.3 Å². The molecular formula is C18H13F6N5O4S. The molecule has 3 heterocycles. The summed E-state index contributed by atoms with van der Waals surface area (Å²) >= 11 is 0.467. The molecule has 0 saturated carbocycles. The van der Waals surface area contributed by atoms with E-state index >= 15 is 0 Å². The zero-order chi connectivity index (χ0) is 25.1. The topological polar surface area (TPSA) is 108 Å². The van der Waals surface area contributed by atoms with Gasteiger partial charge in [0, 0.05) is 17.8 Å². The normalized spacial score (nSPS) is 11.8. The molecule has 0 spiro atoms. The molecule has 3 aromatic heterocycles. The molecule has 34 heavy (non-hydrogen) atoms. The molecule has 1 N–H and O–H groups in total. The van der Waals surface area contributed by atoms with Crippen molar-refractivity contribution in [3.63, 3.8) is 0 Å². The molecule has 0 aliphatic rings. The number of carbonyl (C=O) groups is 1. The van der Waals surface area contributed by atoms with Crippen molar-refractivity contribution in [2.45, 2.75) is 12.4 Å². The molecule has 0 atom stereocenters. The fourth-order valence-electron chi connectivity index (χ4n) is 2.53. The van der Waals surface area contributed by atoms with Gasteiger partial charge in [-0.05, 0) is 6.07 Å². The van der Waals surface area contributed by atoms with E-state index in [2.05, 4.69) is 30.0 Å². The number of nitrogens with one attached hydrogen (secondary N) is 1. The number of carbonyl (C=O) groups excluding carboxylic acids is 1. The van der Waals surface area contributed by atoms with Crippen LogP contribution in [0.5, 0.6) is 17.6 Å². The monoisotopic (exact) mass is 509 g/mol. The Labute approximate surface area is 190 Å². The smallest absolute Gasteiger partial charge is 0.434 e. The first kappa shape index (κ1) is 24.9. The fraction of sp³-hybridized carbons (Fsp3) is 0.278. The van der Waals surface area contributed by atoms with Gasteiger partial charge in [0.1, 0.15) is 6.33 Å². The first-order chi connectivity index (χ1) is 15.9. The minimum atomic E-state index is -4.91. The Morgan fingerprint density at radius 3 is 2.18 bits per heavy atom. The number of halogens is 6. The van der Waals surface area contributed by atoms with E-state index < -0.39 is 46.4 Å². The highest BCUT2D eigenvalue weighted by Crippen LogP contribution is 2.42. The Morgan fingerprint density at radius 1 is 1.03 bits per heavy atom. The SMILES string of the molecule is COc1ncnc(OC)c1C(=O)Nc1nc(C(F)(F)F)c(-c2ccc(OCC(F)(F)F)nc2)s1. The predicted molar refractivity (Wildman–Crippen MR) is 105 cm³/mol. The van der Waals surface area contributed by atoms with Gasteiger partial charge < -0.3 is 14.2 Å². The predicted octanol–water partition coefficient (Wildman–Crippen LogP) is 4.22. The summed E-state index contributed by atoms with van der Waals surface area (Å²) < 4.78 is 91.9. The number of hydrogen-bond donors (Lipinski definition) is 1. The van der Waals surface area contributed by atoms with E-state index in [1.807, 2.05) is 0 Å². The molecule has 0 fully saturated rings. The molecule has 16 heteroatoms. The third kappa shape index (κ3) is 5.81. The van der Waals surface area contributed by atoms with Crippen molar-refractivity contribution in [1.29, 1.82) is 0 Å². The van der Waals surface area contributed by atoms with E-state index in [-0.39, 0.29) is 22.9 Å². The minimum absolute atomic E-state index is 0.108. The summed E-state index contributed by atoms with van der Waals surface area (Å²) in [6, 6.07) is 2.07. The second kappa shape index (κ2) is 9.66. The summed E-state index contributed by atoms with van der Waals surface area (Å²) in [6.45, 7) is -1.61. The number of ether oxygens (including phenoxy) is 3. The molecule has 0 saturated heterocycles. The third-order valence-electron chi connectivity index (χ3n) is 3.89. The fourth-order valence-corrected chi connectivity index (χ4v) is 3.51. The molecule has 9 nitrogen and oxygen atoms in total. The quantitative estimate of drug-likeness (QED) is 0.472. The Kier molecular flexibility index (Phi) is 7.09. The van der Waals surface area contributed by atoms with Crippen molar-refractivity contribution in [2.24, 2.45) is 0 Å². The average molecular weight is 509 g/mol. The lowest BCUT2D eigenvalue weighted by atomic mass is 10.2. The van der Waals surface area contributed by atoms with Crippen molar-refractivity contribution < 1.29 is 45.3 Å². The maximum atomic E-state index is 13.6. The lowest BCUT2D eigenvalue weighted by molar-refractivity contribution is -0.154. The maximum absolute atomic E-state index is 13.6. The van der Waals surface area contributed by atoms with Crippen molar-refractivity contribution in [3.8, 4) is 28.1 Å². The van der Waals surface area contributed by atoms with Gasteiger partial charge in [-0.25, -0.2) is 19.9 Å². The number of pyridine rings is 1. The highest BCUT2D eigenvalue weighted by Gasteiger charge is 2.38. The van der Waals surface area contributed by atoms with Gasteiger partial charge in [0.15, 0.2) is 23.0 Å². The van der Waals surface area contributed by atoms with Gasteiger partial charge in [-0.3, -0.25) is 10.1 Å². The van der Waals surface area contributed by atoms with Crippen molar-refractivity contribution in [1.82, 2.24) is 19.9 Å². The van der Waals surface area contributed by atoms with Crippen molar-refractivity contribution in [3.05, 3.63) is 35.9 Å². The van der Waals surface area contributed by atoms with Gasteiger partial charge in [-0.15, -0.1) is 0 Å². The van der Waals surface area contributed by atoms with Crippen LogP contribution < -0.4 is 19.5 Å². The Morgan fingerprint density at radius 2 is 1.68 bits per heavy atom. The second-order valence-electron chi connectivity index (χ2n) is 6.20. The molecule has 0 aliphatic carbocycles. The number of rotatable bonds is 7. The first-order valence-corrected chi connectivity index (χ1v) is 9.73. The van der Waals surface area contributed by atoms with Crippen LogP contribution in [0.4, 0.5) is 31.5 Å². The van der Waals surface area contributed by atoms with Gasteiger partial charge in [0.2, 0.25) is 17.6 Å². The molecule has 0 bridgehead atoms. The molecule has 0 aromatic carbocycles. The zero-order valence-corrected chi connectivity index (χ0v) is 17.9. The molecule has 0 unspecified atom stereocenters. The van der Waals surface area contributed by atoms with Crippen molar-refractivity contribution in [2.75, 3.05) is 26.1 Å². The van der Waals surface area contributed by atoms with Crippen LogP contribution in [0.3, 0.4) is 0 Å². The molecule has 0 radical (unpaired) electrons. The number of thiazole rings is 1. The number of methoxy groups -OCH3 is 2. The standard InChI is InChI=1S/C18H13F6N5O4S/c1-31-14-10(15(32-2)27-7-26-14)13(30)29-16-28-12(18(22,23)24)11(34-16)8-3-4-9(25-5-8)33-6-17(19,20)21/h3-5,7H,6H2,1-2H3,(H,28,29,30). The van der Waals surface area contributed by atoms with E-state index in [4.69, 9.17) is 9.47 Å². The van der Waals surface area contributed by atoms with Crippen molar-refractivity contribution >= 4 is 22.4 Å².